The van der Waals surface area contributed by atoms with Gasteiger partial charge in [0.05, 0.1) is 41.5 Å². The number of hydrogen-bond acceptors (Lipinski definition) is 17. The monoisotopic (exact) mass is 973 g/mol. The Morgan fingerprint density at radius 1 is 1.02 bits per heavy atom. The largest absolute Gasteiger partial charge is 0.481 e. The number of carboxylic acid groups (broad SMARTS) is 2. The fraction of sp³-hybridized carbons (Fsp3) is 0.273. The summed E-state index contributed by atoms with van der Waals surface area (Å²) < 4.78 is 114. The Kier molecular flexibility index (Phi) is 18.7. The highest BCUT2D eigenvalue weighted by molar-refractivity contribution is 7.93. The van der Waals surface area contributed by atoms with Gasteiger partial charge in [0, 0.05) is 31.2 Å². The number of nitro groups is 1. The number of halogens is 4. The summed E-state index contributed by atoms with van der Waals surface area (Å²) in [5.74, 6) is -3.49. The van der Waals surface area contributed by atoms with Gasteiger partial charge in [0.1, 0.15) is 28.0 Å². The number of hydrogen-bond donors (Lipinski definition) is 6. The number of rotatable bonds is 15. The van der Waals surface area contributed by atoms with E-state index in [-0.39, 0.29) is 52.6 Å². The maximum atomic E-state index is 12.6. The number of nitrogens with one attached hydrogen (secondary N) is 2. The highest BCUT2D eigenvalue weighted by Gasteiger charge is 2.32. The number of carbonyl (C=O) groups is 3. The number of aromatic nitrogens is 3. The number of nitrogens with zero attached hydrogens (tertiary/aromatic N) is 4. The lowest BCUT2D eigenvalue weighted by Gasteiger charge is -2.11. The van der Waals surface area contributed by atoms with Gasteiger partial charge < -0.3 is 35.1 Å². The van der Waals surface area contributed by atoms with Crippen LogP contribution in [0.4, 0.5) is 29.6 Å². The summed E-state index contributed by atoms with van der Waals surface area (Å²) in [6.45, 7) is 2.54. The number of carbonyl (C=O) groups excluding carboxylic acids is 1. The molecule has 2 amide bonds. The van der Waals surface area contributed by atoms with E-state index >= 15 is 0 Å². The van der Waals surface area contributed by atoms with Crippen LogP contribution in [0.25, 0.3) is 0 Å². The van der Waals surface area contributed by atoms with E-state index in [2.05, 4.69) is 20.3 Å². The lowest BCUT2D eigenvalue weighted by atomic mass is 10.1. The number of alkyl halides is 3. The zero-order chi connectivity index (χ0) is 48.1. The second-order valence-corrected chi connectivity index (χ2v) is 18.8. The summed E-state index contributed by atoms with van der Waals surface area (Å²) in [7, 11) is -8.95. The predicted octanol–water partition coefficient (Wildman–Crippen LogP) is 4.64. The standard InChI is InChI=1S/C14H7ClF3NO5.C14H17N5O7S2.C5H12NO4P/c15-10-5-7(14(16,17)18)1-4-12(10)24-8-2-3-11(19(22)23)9(6-8)13(20)21;1-4-27(21,22)9-6-5-7-15-12(9)28(23,24)19-14(20)18-13-16-10(25-2)8-11(17-13)26-3;1-11(9,10)3-2-4(6)5(7)8/h1-6H,(H,20,21);5-8H,4H2,1-3H3,(H2,16,17,18,19,20);4H,2-3,6H2,1H3,(H,7,8)(H,9,10). The first-order chi connectivity index (χ1) is 29.0. The number of aliphatic carboxylic acids is 1. The number of anilines is 1. The van der Waals surface area contributed by atoms with Gasteiger partial charge in [0.15, 0.2) is 22.2 Å². The molecule has 23 nitrogen and oxygen atoms in total. The van der Waals surface area contributed by atoms with E-state index < -0.39 is 89.1 Å². The fourth-order valence-corrected chi connectivity index (χ4v) is 7.76. The number of sulfonamides is 1. The molecule has 4 rings (SSSR count). The van der Waals surface area contributed by atoms with E-state index in [0.29, 0.717) is 6.07 Å². The highest BCUT2D eigenvalue weighted by atomic mass is 35.5. The van der Waals surface area contributed by atoms with Gasteiger partial charge >= 0.3 is 24.1 Å². The van der Waals surface area contributed by atoms with Crippen LogP contribution in [0.5, 0.6) is 23.3 Å². The third-order valence-electron chi connectivity index (χ3n) is 7.31. The quantitative estimate of drug-likeness (QED) is 0.0537. The molecule has 0 saturated carbocycles. The van der Waals surface area contributed by atoms with Crippen molar-refractivity contribution in [3.05, 3.63) is 87.1 Å². The molecule has 344 valence electrons. The molecular weight excluding hydrogens is 938 g/mol. The summed E-state index contributed by atoms with van der Waals surface area (Å²) >= 11 is 5.72. The van der Waals surface area contributed by atoms with Gasteiger partial charge in [-0.2, -0.15) is 31.6 Å². The van der Waals surface area contributed by atoms with Crippen molar-refractivity contribution in [3.63, 3.8) is 0 Å². The molecule has 0 radical (unpaired) electrons. The molecule has 0 spiro atoms. The first-order valence-corrected chi connectivity index (χ1v) is 22.7. The molecular formula is C33H36ClF3N7O16PS2. The van der Waals surface area contributed by atoms with Crippen LogP contribution in [0.1, 0.15) is 29.3 Å². The molecule has 2 aromatic carbocycles. The van der Waals surface area contributed by atoms with Gasteiger partial charge in [-0.1, -0.05) is 18.5 Å². The second-order valence-electron chi connectivity index (χ2n) is 12.0. The maximum absolute atomic E-state index is 12.6. The number of urea groups is 1. The maximum Gasteiger partial charge on any atom is 0.416 e. The zero-order valence-electron chi connectivity index (χ0n) is 32.8. The smallest absolute Gasteiger partial charge is 0.416 e. The minimum Gasteiger partial charge on any atom is -0.481 e. The van der Waals surface area contributed by atoms with Crippen molar-refractivity contribution in [2.75, 3.05) is 38.1 Å². The van der Waals surface area contributed by atoms with Crippen molar-refractivity contribution in [2.24, 2.45) is 5.73 Å². The Morgan fingerprint density at radius 2 is 1.62 bits per heavy atom. The SMILES string of the molecule is CCS(=O)(=O)c1cccnc1S(=O)(=O)NC(=O)Nc1nc(OC)cc(OC)n1.CP(=O)(O)CCC(N)C(=O)O.O=C(O)c1cc(Oc2ccc(C(F)(F)F)cc2Cl)ccc1[N+](=O)[O-]. The molecule has 0 saturated heterocycles. The van der Waals surface area contributed by atoms with Gasteiger partial charge in [-0.05, 0) is 42.8 Å². The number of ether oxygens (including phenoxy) is 3. The minimum atomic E-state index is -4.61. The summed E-state index contributed by atoms with van der Waals surface area (Å²) in [4.78, 5) is 62.6. The molecule has 2 aromatic heterocycles. The van der Waals surface area contributed by atoms with Crippen molar-refractivity contribution in [1.82, 2.24) is 19.7 Å². The van der Waals surface area contributed by atoms with Crippen LogP contribution in [0.2, 0.25) is 5.02 Å². The topological polar surface area (TPSA) is 357 Å². The summed E-state index contributed by atoms with van der Waals surface area (Å²) in [6.07, 6.45) is -3.48. The molecule has 0 bridgehead atoms. The zero-order valence-corrected chi connectivity index (χ0v) is 36.0. The normalized spacial score (nSPS) is 12.7. The Hall–Kier alpha value is -6.19. The molecule has 0 aliphatic heterocycles. The van der Waals surface area contributed by atoms with E-state index in [0.717, 1.165) is 42.6 Å². The molecule has 7 N–H and O–H groups in total. The van der Waals surface area contributed by atoms with Crippen LogP contribution < -0.4 is 30.0 Å². The number of aromatic carboxylic acids is 1. The molecule has 63 heavy (non-hydrogen) atoms. The summed E-state index contributed by atoms with van der Waals surface area (Å²) in [5.41, 5.74) is 2.85. The van der Waals surface area contributed by atoms with Crippen molar-refractivity contribution < 1.29 is 83.2 Å². The average molecular weight is 974 g/mol. The first-order valence-electron chi connectivity index (χ1n) is 16.9. The lowest BCUT2D eigenvalue weighted by molar-refractivity contribution is -0.385. The Balaban J connectivity index is 0.000000355. The van der Waals surface area contributed by atoms with Gasteiger partial charge in [-0.3, -0.25) is 24.8 Å². The van der Waals surface area contributed by atoms with Gasteiger partial charge in [-0.25, -0.2) is 27.7 Å². The number of pyridine rings is 1. The molecule has 2 atom stereocenters. The summed E-state index contributed by atoms with van der Waals surface area (Å²) in [6, 6.07) is 6.71. The van der Waals surface area contributed by atoms with E-state index in [4.69, 9.17) is 46.7 Å². The Morgan fingerprint density at radius 3 is 2.10 bits per heavy atom. The molecule has 2 heterocycles. The third-order valence-corrected chi connectivity index (χ3v) is 11.9. The molecule has 0 fully saturated rings. The number of nitro benzene ring substituents is 1. The van der Waals surface area contributed by atoms with Crippen molar-refractivity contribution >= 4 is 68.4 Å². The lowest BCUT2D eigenvalue weighted by Crippen LogP contribution is -2.36. The number of methoxy groups -OCH3 is 2. The molecule has 2 unspecified atom stereocenters. The highest BCUT2D eigenvalue weighted by Crippen LogP contribution is 2.38. The number of carboxylic acids is 2. The van der Waals surface area contributed by atoms with Crippen LogP contribution in [0.3, 0.4) is 0 Å². The first kappa shape index (κ1) is 52.9. The fourth-order valence-electron chi connectivity index (χ4n) is 4.23. The van der Waals surface area contributed by atoms with Crippen LogP contribution >= 0.6 is 19.0 Å². The molecule has 30 heteroatoms. The predicted molar refractivity (Wildman–Crippen MR) is 214 cm³/mol. The number of amides is 2. The Labute approximate surface area is 360 Å². The van der Waals surface area contributed by atoms with E-state index in [1.807, 2.05) is 0 Å². The van der Waals surface area contributed by atoms with Crippen LogP contribution in [-0.2, 0) is 35.4 Å². The Bertz CT molecular complexity index is 2580. The third kappa shape index (κ3) is 16.6. The molecule has 4 aromatic rings. The van der Waals surface area contributed by atoms with Crippen molar-refractivity contribution in [1.29, 1.82) is 0 Å². The number of benzene rings is 2. The van der Waals surface area contributed by atoms with E-state index in [9.17, 15) is 59.1 Å². The van der Waals surface area contributed by atoms with Gasteiger partial charge in [0.25, 0.3) is 15.7 Å². The van der Waals surface area contributed by atoms with Crippen LogP contribution in [-0.4, -0.2) is 109 Å². The summed E-state index contributed by atoms with van der Waals surface area (Å²) in [5, 5.41) is 29.0. The van der Waals surface area contributed by atoms with Gasteiger partial charge in [-0.15, -0.1) is 0 Å². The van der Waals surface area contributed by atoms with Crippen LogP contribution in [0.15, 0.2) is 70.7 Å². The van der Waals surface area contributed by atoms with E-state index in [1.54, 1.807) is 4.72 Å². The molecule has 0 aliphatic rings. The minimum absolute atomic E-state index is 0.0412. The number of nitrogens with two attached hydrogens (primary N) is 1. The van der Waals surface area contributed by atoms with Crippen LogP contribution in [0, 0.1) is 10.1 Å². The second kappa shape index (κ2) is 22.2. The number of sulfone groups is 1. The average Bonchev–Trinajstić information content (AvgIpc) is 3.19. The van der Waals surface area contributed by atoms with Crippen molar-refractivity contribution in [3.8, 4) is 23.3 Å². The van der Waals surface area contributed by atoms with Crippen molar-refractivity contribution in [2.45, 2.75) is 35.5 Å². The molecule has 0 aliphatic carbocycles. The van der Waals surface area contributed by atoms with E-state index in [1.165, 1.54) is 39.9 Å². The van der Waals surface area contributed by atoms with Gasteiger partial charge in [0.2, 0.25) is 17.7 Å².